The Hall–Kier alpha value is -3.38. The van der Waals surface area contributed by atoms with Gasteiger partial charge in [0, 0.05) is 35.0 Å². The molecular formula is C21H23ClFN7O. The van der Waals surface area contributed by atoms with Crippen LogP contribution in [0.1, 0.15) is 39.0 Å². The van der Waals surface area contributed by atoms with Gasteiger partial charge in [0.25, 0.3) is 0 Å². The number of hydrogen-bond donors (Lipinski definition) is 3. The highest BCUT2D eigenvalue weighted by Gasteiger charge is 2.18. The Morgan fingerprint density at radius 1 is 1.39 bits per heavy atom. The fourth-order valence-corrected chi connectivity index (χ4v) is 3.17. The SMILES string of the molecule is C[C@@H](Cn1ccc(-c2cc(F)c(C#N)c(Cl)c2)n1)NC(=O)Nc1cc(C(C)(C)C)[nH]n1. The first-order valence-corrected chi connectivity index (χ1v) is 10.0. The molecular weight excluding hydrogens is 421 g/mol. The average Bonchev–Trinajstić information content (AvgIpc) is 3.30. The van der Waals surface area contributed by atoms with E-state index in [-0.39, 0.29) is 28.1 Å². The van der Waals surface area contributed by atoms with Crippen LogP contribution in [0.5, 0.6) is 0 Å². The third kappa shape index (κ3) is 5.41. The summed E-state index contributed by atoms with van der Waals surface area (Å²) >= 11 is 5.97. The minimum absolute atomic E-state index is 0.0340. The zero-order valence-electron chi connectivity index (χ0n) is 17.6. The van der Waals surface area contributed by atoms with Crippen molar-refractivity contribution in [1.29, 1.82) is 5.26 Å². The van der Waals surface area contributed by atoms with E-state index in [0.717, 1.165) is 5.69 Å². The van der Waals surface area contributed by atoms with E-state index < -0.39 is 5.82 Å². The molecule has 0 spiro atoms. The molecule has 2 heterocycles. The highest BCUT2D eigenvalue weighted by atomic mass is 35.5. The Morgan fingerprint density at radius 2 is 2.13 bits per heavy atom. The molecule has 10 heteroatoms. The number of aromatic amines is 1. The third-order valence-electron chi connectivity index (χ3n) is 4.56. The van der Waals surface area contributed by atoms with Crippen molar-refractivity contribution in [3.05, 3.63) is 52.6 Å². The summed E-state index contributed by atoms with van der Waals surface area (Å²) in [6, 6.07) is 7.34. The van der Waals surface area contributed by atoms with Crippen molar-refractivity contribution in [2.45, 2.75) is 45.7 Å². The summed E-state index contributed by atoms with van der Waals surface area (Å²) < 4.78 is 15.6. The lowest BCUT2D eigenvalue weighted by Crippen LogP contribution is -2.38. The lowest BCUT2D eigenvalue weighted by molar-refractivity contribution is 0.247. The van der Waals surface area contributed by atoms with Crippen LogP contribution in [0, 0.1) is 17.1 Å². The molecule has 3 rings (SSSR count). The van der Waals surface area contributed by atoms with Crippen molar-refractivity contribution in [2.75, 3.05) is 5.32 Å². The van der Waals surface area contributed by atoms with Gasteiger partial charge in [0.2, 0.25) is 0 Å². The van der Waals surface area contributed by atoms with Crippen molar-refractivity contribution >= 4 is 23.4 Å². The van der Waals surface area contributed by atoms with Gasteiger partial charge in [0.1, 0.15) is 17.4 Å². The van der Waals surface area contributed by atoms with Crippen molar-refractivity contribution < 1.29 is 9.18 Å². The second-order valence-electron chi connectivity index (χ2n) is 8.27. The fourth-order valence-electron chi connectivity index (χ4n) is 2.92. The molecule has 1 aromatic carbocycles. The number of carbonyl (C=O) groups excluding carboxylic acids is 1. The number of anilines is 1. The van der Waals surface area contributed by atoms with E-state index in [1.807, 2.05) is 27.7 Å². The van der Waals surface area contributed by atoms with Gasteiger partial charge in [-0.2, -0.15) is 15.5 Å². The van der Waals surface area contributed by atoms with Gasteiger partial charge in [-0.05, 0) is 25.1 Å². The van der Waals surface area contributed by atoms with E-state index in [9.17, 15) is 9.18 Å². The van der Waals surface area contributed by atoms with Crippen LogP contribution in [0.4, 0.5) is 15.0 Å². The van der Waals surface area contributed by atoms with Crippen molar-refractivity contribution in [3.8, 4) is 17.3 Å². The maximum Gasteiger partial charge on any atom is 0.320 e. The Labute approximate surface area is 184 Å². The Balaban J connectivity index is 1.60. The predicted octanol–water partition coefficient (Wildman–Crippen LogP) is 4.45. The zero-order valence-corrected chi connectivity index (χ0v) is 18.4. The first-order chi connectivity index (χ1) is 14.6. The van der Waals surface area contributed by atoms with Gasteiger partial charge in [-0.25, -0.2) is 9.18 Å². The standard InChI is InChI=1S/C21H23ClFN7O/c1-12(25-20(31)26-19-9-18(27-28-19)21(2,3)4)11-30-6-5-17(29-30)13-7-15(22)14(10-24)16(23)8-13/h5-9,12H,11H2,1-4H3,(H3,25,26,27,28,31)/t12-/m0/s1. The monoisotopic (exact) mass is 443 g/mol. The summed E-state index contributed by atoms with van der Waals surface area (Å²) in [5.74, 6) is -0.255. The third-order valence-corrected chi connectivity index (χ3v) is 4.85. The van der Waals surface area contributed by atoms with Gasteiger partial charge >= 0.3 is 6.03 Å². The second-order valence-corrected chi connectivity index (χ2v) is 8.67. The highest BCUT2D eigenvalue weighted by molar-refractivity contribution is 6.32. The molecule has 0 aliphatic heterocycles. The smallest absolute Gasteiger partial charge is 0.320 e. The number of H-pyrrole nitrogens is 1. The van der Waals surface area contributed by atoms with Gasteiger partial charge in [0.05, 0.1) is 17.3 Å². The molecule has 3 N–H and O–H groups in total. The van der Waals surface area contributed by atoms with Crippen LogP contribution >= 0.6 is 11.6 Å². The highest BCUT2D eigenvalue weighted by Crippen LogP contribution is 2.27. The number of nitrogens with one attached hydrogen (secondary N) is 3. The largest absolute Gasteiger partial charge is 0.334 e. The first-order valence-electron chi connectivity index (χ1n) is 9.63. The molecule has 0 aliphatic carbocycles. The predicted molar refractivity (Wildman–Crippen MR) is 116 cm³/mol. The summed E-state index contributed by atoms with van der Waals surface area (Å²) in [5.41, 5.74) is 1.59. The van der Waals surface area contributed by atoms with Gasteiger partial charge in [-0.15, -0.1) is 0 Å². The number of hydrogen-bond acceptors (Lipinski definition) is 4. The fraction of sp³-hybridized carbons (Fsp3) is 0.333. The maximum absolute atomic E-state index is 14.0. The van der Waals surface area contributed by atoms with Crippen LogP contribution < -0.4 is 10.6 Å². The van der Waals surface area contributed by atoms with Crippen molar-refractivity contribution in [3.63, 3.8) is 0 Å². The second kappa shape index (κ2) is 8.78. The lowest BCUT2D eigenvalue weighted by Gasteiger charge is -2.15. The van der Waals surface area contributed by atoms with Gasteiger partial charge < -0.3 is 5.32 Å². The number of halogens is 2. The molecule has 31 heavy (non-hydrogen) atoms. The number of aromatic nitrogens is 4. The summed E-state index contributed by atoms with van der Waals surface area (Å²) in [5, 5.41) is 25.9. The summed E-state index contributed by atoms with van der Waals surface area (Å²) in [6.45, 7) is 8.37. The van der Waals surface area contributed by atoms with Crippen LogP contribution in [0.15, 0.2) is 30.5 Å². The number of benzene rings is 1. The van der Waals surface area contributed by atoms with Crippen LogP contribution in [0.25, 0.3) is 11.3 Å². The van der Waals surface area contributed by atoms with Gasteiger partial charge in [-0.1, -0.05) is 32.4 Å². The van der Waals surface area contributed by atoms with Crippen LogP contribution in [-0.4, -0.2) is 32.1 Å². The van der Waals surface area contributed by atoms with E-state index >= 15 is 0 Å². The summed E-state index contributed by atoms with van der Waals surface area (Å²) in [4.78, 5) is 12.2. The van der Waals surface area contributed by atoms with E-state index in [1.54, 1.807) is 29.1 Å². The molecule has 0 unspecified atom stereocenters. The van der Waals surface area contributed by atoms with Crippen LogP contribution in [0.3, 0.4) is 0 Å². The number of rotatable bonds is 5. The molecule has 3 aromatic rings. The molecule has 0 aliphatic rings. The van der Waals surface area contributed by atoms with Crippen molar-refractivity contribution in [1.82, 2.24) is 25.3 Å². The maximum atomic E-state index is 14.0. The van der Waals surface area contributed by atoms with Crippen LogP contribution in [0.2, 0.25) is 5.02 Å². The molecule has 1 atom stereocenters. The molecule has 8 nitrogen and oxygen atoms in total. The molecule has 0 saturated heterocycles. The topological polar surface area (TPSA) is 111 Å². The molecule has 2 amide bonds. The normalized spacial score (nSPS) is 12.3. The minimum Gasteiger partial charge on any atom is -0.334 e. The quantitative estimate of drug-likeness (QED) is 0.541. The Morgan fingerprint density at radius 3 is 2.74 bits per heavy atom. The molecule has 162 valence electrons. The van der Waals surface area contributed by atoms with E-state index in [0.29, 0.717) is 23.6 Å². The molecule has 2 aromatic heterocycles. The number of amides is 2. The zero-order chi connectivity index (χ0) is 22.8. The van der Waals surface area contributed by atoms with Crippen molar-refractivity contribution in [2.24, 2.45) is 0 Å². The Bertz CT molecular complexity index is 1120. The number of urea groups is 1. The number of carbonyl (C=O) groups is 1. The van der Waals surface area contributed by atoms with Gasteiger partial charge in [-0.3, -0.25) is 15.1 Å². The molecule has 0 fully saturated rings. The molecule has 0 bridgehead atoms. The Kier molecular flexibility index (Phi) is 6.32. The molecule has 0 radical (unpaired) electrons. The summed E-state index contributed by atoms with van der Waals surface area (Å²) in [6.07, 6.45) is 1.72. The number of nitrogens with zero attached hydrogens (tertiary/aromatic N) is 4. The molecule has 0 saturated carbocycles. The van der Waals surface area contributed by atoms with Crippen LogP contribution in [-0.2, 0) is 12.0 Å². The lowest BCUT2D eigenvalue weighted by atomic mass is 9.92. The van der Waals surface area contributed by atoms with Gasteiger partial charge in [0.15, 0.2) is 5.82 Å². The number of nitriles is 1. The average molecular weight is 444 g/mol. The summed E-state index contributed by atoms with van der Waals surface area (Å²) in [7, 11) is 0. The van der Waals surface area contributed by atoms with E-state index in [2.05, 4.69) is 25.9 Å². The minimum atomic E-state index is -0.695. The van der Waals surface area contributed by atoms with E-state index in [4.69, 9.17) is 16.9 Å². The van der Waals surface area contributed by atoms with E-state index in [1.165, 1.54) is 12.1 Å². The first kappa shape index (κ1) is 22.3.